The molecule has 7 heteroatoms. The van der Waals surface area contributed by atoms with Crippen molar-refractivity contribution >= 4 is 11.9 Å². The standard InChI is InChI=1S/C13H18N2O5/c1-3-19-13(17)9-4-6-15(7-5-9)12(16)10-8-11(18-2)14-20-10/h8-9H,3-7H2,1-2H3. The molecular formula is C13H18N2O5. The minimum atomic E-state index is -0.233. The predicted octanol–water partition coefficient (Wildman–Crippen LogP) is 1.10. The van der Waals surface area contributed by atoms with E-state index in [1.54, 1.807) is 11.8 Å². The molecule has 0 unspecified atom stereocenters. The number of methoxy groups -OCH3 is 1. The summed E-state index contributed by atoms with van der Waals surface area (Å²) in [4.78, 5) is 25.4. The number of rotatable bonds is 4. The first-order valence-corrected chi connectivity index (χ1v) is 6.62. The normalized spacial score (nSPS) is 16.0. The number of piperidine rings is 1. The fourth-order valence-electron chi connectivity index (χ4n) is 2.19. The second-order valence-corrected chi connectivity index (χ2v) is 4.55. The van der Waals surface area contributed by atoms with E-state index in [2.05, 4.69) is 5.16 Å². The van der Waals surface area contributed by atoms with E-state index in [9.17, 15) is 9.59 Å². The molecule has 1 fully saturated rings. The Morgan fingerprint density at radius 3 is 2.70 bits per heavy atom. The number of carbonyl (C=O) groups excluding carboxylic acids is 2. The molecule has 7 nitrogen and oxygen atoms in total. The van der Waals surface area contributed by atoms with Crippen molar-refractivity contribution < 1.29 is 23.6 Å². The number of ether oxygens (including phenoxy) is 2. The maximum absolute atomic E-state index is 12.2. The maximum Gasteiger partial charge on any atom is 0.309 e. The molecule has 2 rings (SSSR count). The van der Waals surface area contributed by atoms with Crippen LogP contribution in [-0.4, -0.2) is 48.7 Å². The lowest BCUT2D eigenvalue weighted by Crippen LogP contribution is -2.40. The lowest BCUT2D eigenvalue weighted by atomic mass is 9.97. The van der Waals surface area contributed by atoms with E-state index in [4.69, 9.17) is 14.0 Å². The summed E-state index contributed by atoms with van der Waals surface area (Å²) in [7, 11) is 1.46. The van der Waals surface area contributed by atoms with Crippen LogP contribution >= 0.6 is 0 Å². The lowest BCUT2D eigenvalue weighted by molar-refractivity contribution is -0.149. The molecule has 2 heterocycles. The molecule has 1 aliphatic rings. The summed E-state index contributed by atoms with van der Waals surface area (Å²) in [5, 5.41) is 3.60. The quantitative estimate of drug-likeness (QED) is 0.769. The number of carbonyl (C=O) groups is 2. The van der Waals surface area contributed by atoms with Gasteiger partial charge in [-0.15, -0.1) is 0 Å². The van der Waals surface area contributed by atoms with Gasteiger partial charge in [-0.05, 0) is 24.9 Å². The van der Waals surface area contributed by atoms with Crippen molar-refractivity contribution in [3.8, 4) is 5.88 Å². The molecule has 1 amide bonds. The van der Waals surface area contributed by atoms with Crippen LogP contribution in [0, 0.1) is 5.92 Å². The molecule has 1 aromatic heterocycles. The van der Waals surface area contributed by atoms with Gasteiger partial charge in [-0.2, -0.15) is 0 Å². The predicted molar refractivity (Wildman–Crippen MR) is 68.3 cm³/mol. The van der Waals surface area contributed by atoms with E-state index in [-0.39, 0.29) is 29.4 Å². The second-order valence-electron chi connectivity index (χ2n) is 4.55. The number of nitrogens with zero attached hydrogens (tertiary/aromatic N) is 2. The Hall–Kier alpha value is -2.05. The maximum atomic E-state index is 12.2. The topological polar surface area (TPSA) is 81.9 Å². The van der Waals surface area contributed by atoms with Crippen molar-refractivity contribution in [3.63, 3.8) is 0 Å². The van der Waals surface area contributed by atoms with E-state index in [0.717, 1.165) is 0 Å². The van der Waals surface area contributed by atoms with Gasteiger partial charge in [-0.1, -0.05) is 0 Å². The molecule has 0 bridgehead atoms. The number of esters is 1. The first-order chi connectivity index (χ1) is 9.65. The number of hydrogen-bond acceptors (Lipinski definition) is 6. The SMILES string of the molecule is CCOC(=O)C1CCN(C(=O)c2cc(OC)no2)CC1. The van der Waals surface area contributed by atoms with Crippen molar-refractivity contribution in [2.75, 3.05) is 26.8 Å². The van der Waals surface area contributed by atoms with Gasteiger partial charge < -0.3 is 18.9 Å². The van der Waals surface area contributed by atoms with Crippen LogP contribution in [0.4, 0.5) is 0 Å². The van der Waals surface area contributed by atoms with Crippen LogP contribution in [0.15, 0.2) is 10.6 Å². The fourth-order valence-corrected chi connectivity index (χ4v) is 2.19. The Morgan fingerprint density at radius 2 is 2.15 bits per heavy atom. The van der Waals surface area contributed by atoms with Gasteiger partial charge in [0.25, 0.3) is 11.8 Å². The molecule has 0 aromatic carbocycles. The van der Waals surface area contributed by atoms with Crippen LogP contribution in [0.3, 0.4) is 0 Å². The molecule has 1 aromatic rings. The summed E-state index contributed by atoms with van der Waals surface area (Å²) in [5.74, 6) is -0.113. The first-order valence-electron chi connectivity index (χ1n) is 6.62. The molecule has 1 aliphatic heterocycles. The highest BCUT2D eigenvalue weighted by molar-refractivity contribution is 5.91. The van der Waals surface area contributed by atoms with Crippen molar-refractivity contribution in [2.24, 2.45) is 5.92 Å². The average Bonchev–Trinajstić information content (AvgIpc) is 2.96. The number of amides is 1. The summed E-state index contributed by atoms with van der Waals surface area (Å²) in [6, 6.07) is 1.46. The second kappa shape index (κ2) is 6.40. The zero-order valence-corrected chi connectivity index (χ0v) is 11.6. The first kappa shape index (κ1) is 14.4. The Kier molecular flexibility index (Phi) is 4.60. The van der Waals surface area contributed by atoms with Crippen LogP contribution in [-0.2, 0) is 9.53 Å². The smallest absolute Gasteiger partial charge is 0.309 e. The van der Waals surface area contributed by atoms with Gasteiger partial charge in [0.2, 0.25) is 5.76 Å². The van der Waals surface area contributed by atoms with Crippen molar-refractivity contribution in [3.05, 3.63) is 11.8 Å². The fraction of sp³-hybridized carbons (Fsp3) is 0.615. The van der Waals surface area contributed by atoms with E-state index >= 15 is 0 Å². The average molecular weight is 282 g/mol. The molecule has 0 atom stereocenters. The highest BCUT2D eigenvalue weighted by atomic mass is 16.5. The van der Waals surface area contributed by atoms with Gasteiger partial charge >= 0.3 is 5.97 Å². The monoisotopic (exact) mass is 282 g/mol. The molecule has 0 N–H and O–H groups in total. The summed E-state index contributed by atoms with van der Waals surface area (Å²) in [6.45, 7) is 3.18. The minimum absolute atomic E-state index is 0.122. The van der Waals surface area contributed by atoms with E-state index in [1.165, 1.54) is 13.2 Å². The van der Waals surface area contributed by atoms with Crippen LogP contribution < -0.4 is 4.74 Å². The third-order valence-corrected chi connectivity index (χ3v) is 3.31. The summed E-state index contributed by atoms with van der Waals surface area (Å²) in [6.07, 6.45) is 1.21. The lowest BCUT2D eigenvalue weighted by Gasteiger charge is -2.30. The Balaban J connectivity index is 1.90. The van der Waals surface area contributed by atoms with E-state index < -0.39 is 0 Å². The molecule has 1 saturated heterocycles. The summed E-state index contributed by atoms with van der Waals surface area (Å²) >= 11 is 0. The zero-order chi connectivity index (χ0) is 14.5. The highest BCUT2D eigenvalue weighted by Crippen LogP contribution is 2.21. The third kappa shape index (κ3) is 3.09. The largest absolute Gasteiger partial charge is 0.479 e. The zero-order valence-electron chi connectivity index (χ0n) is 11.6. The van der Waals surface area contributed by atoms with Crippen LogP contribution in [0.25, 0.3) is 0 Å². The number of likely N-dealkylation sites (tertiary alicyclic amines) is 1. The molecule has 110 valence electrons. The van der Waals surface area contributed by atoms with Crippen molar-refractivity contribution in [1.82, 2.24) is 10.1 Å². The minimum Gasteiger partial charge on any atom is -0.479 e. The van der Waals surface area contributed by atoms with E-state index in [0.29, 0.717) is 32.5 Å². The van der Waals surface area contributed by atoms with Gasteiger partial charge in [0.15, 0.2) is 0 Å². The van der Waals surface area contributed by atoms with E-state index in [1.807, 2.05) is 0 Å². The molecule has 0 spiro atoms. The number of hydrogen-bond donors (Lipinski definition) is 0. The van der Waals surface area contributed by atoms with Gasteiger partial charge in [0.05, 0.1) is 25.7 Å². The molecular weight excluding hydrogens is 264 g/mol. The molecule has 0 saturated carbocycles. The van der Waals surface area contributed by atoms with Crippen LogP contribution in [0.2, 0.25) is 0 Å². The molecule has 0 radical (unpaired) electrons. The summed E-state index contributed by atoms with van der Waals surface area (Å²) < 4.78 is 14.8. The highest BCUT2D eigenvalue weighted by Gasteiger charge is 2.30. The van der Waals surface area contributed by atoms with Gasteiger partial charge in [-0.25, -0.2) is 0 Å². The van der Waals surface area contributed by atoms with Crippen LogP contribution in [0.5, 0.6) is 5.88 Å². The van der Waals surface area contributed by atoms with Crippen molar-refractivity contribution in [2.45, 2.75) is 19.8 Å². The Bertz CT molecular complexity index is 477. The Labute approximate surface area is 116 Å². The van der Waals surface area contributed by atoms with Crippen LogP contribution in [0.1, 0.15) is 30.3 Å². The molecule has 0 aliphatic carbocycles. The van der Waals surface area contributed by atoms with Crippen molar-refractivity contribution in [1.29, 1.82) is 0 Å². The van der Waals surface area contributed by atoms with Gasteiger partial charge in [0, 0.05) is 13.1 Å². The molecule has 20 heavy (non-hydrogen) atoms. The third-order valence-electron chi connectivity index (χ3n) is 3.31. The van der Waals surface area contributed by atoms with Gasteiger partial charge in [-0.3, -0.25) is 9.59 Å². The van der Waals surface area contributed by atoms with Gasteiger partial charge in [0.1, 0.15) is 0 Å². The summed E-state index contributed by atoms with van der Waals surface area (Å²) in [5.41, 5.74) is 0. The number of aromatic nitrogens is 1. The Morgan fingerprint density at radius 1 is 1.45 bits per heavy atom.